The molecule has 6 nitrogen and oxygen atoms in total. The molecule has 1 amide bonds. The number of nitrogens with two attached hydrogens (primary N) is 1. The summed E-state index contributed by atoms with van der Waals surface area (Å²) in [6.45, 7) is 6.20. The molecule has 0 aliphatic carbocycles. The highest BCUT2D eigenvalue weighted by atomic mass is 16.2. The summed E-state index contributed by atoms with van der Waals surface area (Å²) >= 11 is 0. The van der Waals surface area contributed by atoms with E-state index in [4.69, 9.17) is 5.73 Å². The zero-order chi connectivity index (χ0) is 12.8. The SMILES string of the molecule is CCC(CC)NC(=O)C(C)n1cnc(CN)n1. The normalized spacial score (nSPS) is 12.8. The predicted molar refractivity (Wildman–Crippen MR) is 65.1 cm³/mol. The molecule has 6 heteroatoms. The van der Waals surface area contributed by atoms with Crippen molar-refractivity contribution in [2.75, 3.05) is 0 Å². The molecule has 0 aromatic carbocycles. The Kier molecular flexibility index (Phi) is 5.09. The molecule has 0 bridgehead atoms. The van der Waals surface area contributed by atoms with Crippen molar-refractivity contribution in [3.63, 3.8) is 0 Å². The third-order valence-corrected chi connectivity index (χ3v) is 2.85. The van der Waals surface area contributed by atoms with Crippen LogP contribution in [-0.2, 0) is 11.3 Å². The summed E-state index contributed by atoms with van der Waals surface area (Å²) in [6, 6.07) is -0.133. The molecule has 0 spiro atoms. The molecule has 1 rings (SSSR count). The zero-order valence-corrected chi connectivity index (χ0v) is 10.7. The fourth-order valence-electron chi connectivity index (χ4n) is 1.53. The molecule has 1 heterocycles. The van der Waals surface area contributed by atoms with E-state index in [1.807, 2.05) is 0 Å². The summed E-state index contributed by atoms with van der Waals surface area (Å²) in [5, 5.41) is 7.11. The average Bonchev–Trinajstić information content (AvgIpc) is 2.83. The molecule has 0 aliphatic rings. The third-order valence-electron chi connectivity index (χ3n) is 2.85. The summed E-state index contributed by atoms with van der Waals surface area (Å²) in [4.78, 5) is 15.9. The molecule has 0 saturated carbocycles. The highest BCUT2D eigenvalue weighted by molar-refractivity contribution is 5.80. The van der Waals surface area contributed by atoms with Crippen LogP contribution in [0.15, 0.2) is 6.33 Å². The quantitative estimate of drug-likeness (QED) is 0.761. The van der Waals surface area contributed by atoms with Gasteiger partial charge in [0.15, 0.2) is 5.82 Å². The predicted octanol–water partition coefficient (Wildman–Crippen LogP) is 0.603. The lowest BCUT2D eigenvalue weighted by Crippen LogP contribution is -2.38. The van der Waals surface area contributed by atoms with E-state index in [1.165, 1.54) is 0 Å². The molecule has 3 N–H and O–H groups in total. The molecule has 0 aliphatic heterocycles. The Morgan fingerprint density at radius 1 is 1.53 bits per heavy atom. The van der Waals surface area contributed by atoms with Gasteiger partial charge in [0.2, 0.25) is 5.91 Å². The van der Waals surface area contributed by atoms with Crippen molar-refractivity contribution in [2.24, 2.45) is 5.73 Å². The van der Waals surface area contributed by atoms with Gasteiger partial charge in [0.25, 0.3) is 0 Å². The number of hydrogen-bond acceptors (Lipinski definition) is 4. The number of aromatic nitrogens is 3. The van der Waals surface area contributed by atoms with Gasteiger partial charge in [-0.2, -0.15) is 5.10 Å². The minimum Gasteiger partial charge on any atom is -0.352 e. The van der Waals surface area contributed by atoms with Crippen LogP contribution in [0, 0.1) is 0 Å². The molecule has 96 valence electrons. The number of carbonyl (C=O) groups excluding carboxylic acids is 1. The van der Waals surface area contributed by atoms with Crippen LogP contribution in [0.2, 0.25) is 0 Å². The smallest absolute Gasteiger partial charge is 0.244 e. The van der Waals surface area contributed by atoms with Gasteiger partial charge < -0.3 is 11.1 Å². The second-order valence-corrected chi connectivity index (χ2v) is 4.04. The lowest BCUT2D eigenvalue weighted by molar-refractivity contribution is -0.124. The summed E-state index contributed by atoms with van der Waals surface area (Å²) in [5.41, 5.74) is 5.42. The number of nitrogens with one attached hydrogen (secondary N) is 1. The minimum absolute atomic E-state index is 0.0350. The Bertz CT molecular complexity index is 358. The van der Waals surface area contributed by atoms with E-state index in [2.05, 4.69) is 29.2 Å². The molecular formula is C11H21N5O. The van der Waals surface area contributed by atoms with Crippen LogP contribution in [0.25, 0.3) is 0 Å². The average molecular weight is 239 g/mol. The van der Waals surface area contributed by atoms with Crippen LogP contribution >= 0.6 is 0 Å². The van der Waals surface area contributed by atoms with Crippen molar-refractivity contribution in [3.05, 3.63) is 12.2 Å². The second kappa shape index (κ2) is 6.34. The highest BCUT2D eigenvalue weighted by Gasteiger charge is 2.18. The van der Waals surface area contributed by atoms with E-state index in [9.17, 15) is 4.79 Å². The Hall–Kier alpha value is -1.43. The third kappa shape index (κ3) is 3.52. The Morgan fingerprint density at radius 3 is 2.65 bits per heavy atom. The molecule has 1 aromatic rings. The van der Waals surface area contributed by atoms with E-state index in [1.54, 1.807) is 17.9 Å². The molecule has 0 saturated heterocycles. The molecule has 1 unspecified atom stereocenters. The van der Waals surface area contributed by atoms with Crippen LogP contribution in [-0.4, -0.2) is 26.7 Å². The Balaban J connectivity index is 2.62. The molecule has 1 atom stereocenters. The van der Waals surface area contributed by atoms with Crippen LogP contribution in [0.1, 0.15) is 45.5 Å². The van der Waals surface area contributed by atoms with Crippen molar-refractivity contribution in [1.82, 2.24) is 20.1 Å². The van der Waals surface area contributed by atoms with Crippen molar-refractivity contribution in [3.8, 4) is 0 Å². The number of amides is 1. The Labute approximate surface area is 102 Å². The van der Waals surface area contributed by atoms with Crippen LogP contribution in [0.5, 0.6) is 0 Å². The first kappa shape index (κ1) is 13.6. The van der Waals surface area contributed by atoms with E-state index in [-0.39, 0.29) is 24.5 Å². The van der Waals surface area contributed by atoms with Crippen molar-refractivity contribution < 1.29 is 4.79 Å². The van der Waals surface area contributed by atoms with Gasteiger partial charge in [-0.3, -0.25) is 4.79 Å². The lowest BCUT2D eigenvalue weighted by Gasteiger charge is -2.18. The molecule has 0 fully saturated rings. The fraction of sp³-hybridized carbons (Fsp3) is 0.727. The molecular weight excluding hydrogens is 218 g/mol. The van der Waals surface area contributed by atoms with E-state index >= 15 is 0 Å². The summed E-state index contributed by atoms with van der Waals surface area (Å²) < 4.78 is 1.54. The minimum atomic E-state index is -0.358. The first-order valence-corrected chi connectivity index (χ1v) is 6.02. The van der Waals surface area contributed by atoms with Crippen molar-refractivity contribution in [1.29, 1.82) is 0 Å². The summed E-state index contributed by atoms with van der Waals surface area (Å²) in [5.74, 6) is 0.513. The maximum atomic E-state index is 11.9. The number of nitrogens with zero attached hydrogens (tertiary/aromatic N) is 3. The molecule has 17 heavy (non-hydrogen) atoms. The van der Waals surface area contributed by atoms with Gasteiger partial charge in [-0.25, -0.2) is 9.67 Å². The van der Waals surface area contributed by atoms with Crippen LogP contribution in [0.4, 0.5) is 0 Å². The van der Waals surface area contributed by atoms with Gasteiger partial charge >= 0.3 is 0 Å². The first-order valence-electron chi connectivity index (χ1n) is 6.02. The van der Waals surface area contributed by atoms with Crippen LogP contribution in [0.3, 0.4) is 0 Å². The maximum absolute atomic E-state index is 11.9. The first-order chi connectivity index (χ1) is 8.12. The van der Waals surface area contributed by atoms with E-state index < -0.39 is 0 Å². The number of rotatable bonds is 6. The number of carbonyl (C=O) groups is 1. The molecule has 0 radical (unpaired) electrons. The van der Waals surface area contributed by atoms with E-state index in [0.29, 0.717) is 5.82 Å². The largest absolute Gasteiger partial charge is 0.352 e. The Morgan fingerprint density at radius 2 is 2.18 bits per heavy atom. The van der Waals surface area contributed by atoms with Gasteiger partial charge in [0, 0.05) is 6.04 Å². The van der Waals surface area contributed by atoms with Gasteiger partial charge in [-0.15, -0.1) is 0 Å². The lowest BCUT2D eigenvalue weighted by atomic mass is 10.1. The topological polar surface area (TPSA) is 85.8 Å². The van der Waals surface area contributed by atoms with E-state index in [0.717, 1.165) is 12.8 Å². The highest BCUT2D eigenvalue weighted by Crippen LogP contribution is 2.06. The van der Waals surface area contributed by atoms with Gasteiger partial charge in [-0.05, 0) is 19.8 Å². The number of hydrogen-bond donors (Lipinski definition) is 2. The fourth-order valence-corrected chi connectivity index (χ4v) is 1.53. The van der Waals surface area contributed by atoms with Crippen molar-refractivity contribution >= 4 is 5.91 Å². The standard InChI is InChI=1S/C11H21N5O/c1-4-9(5-2)14-11(17)8(3)16-7-13-10(6-12)15-16/h7-9H,4-6,12H2,1-3H3,(H,14,17). The van der Waals surface area contributed by atoms with Crippen LogP contribution < -0.4 is 11.1 Å². The maximum Gasteiger partial charge on any atom is 0.244 e. The summed E-state index contributed by atoms with van der Waals surface area (Å²) in [7, 11) is 0. The molecule has 1 aromatic heterocycles. The monoisotopic (exact) mass is 239 g/mol. The zero-order valence-electron chi connectivity index (χ0n) is 10.7. The van der Waals surface area contributed by atoms with Gasteiger partial charge in [-0.1, -0.05) is 13.8 Å². The second-order valence-electron chi connectivity index (χ2n) is 4.04. The van der Waals surface area contributed by atoms with Crippen molar-refractivity contribution in [2.45, 2.75) is 52.2 Å². The van der Waals surface area contributed by atoms with Gasteiger partial charge in [0.1, 0.15) is 12.4 Å². The summed E-state index contributed by atoms with van der Waals surface area (Å²) in [6.07, 6.45) is 3.40. The van der Waals surface area contributed by atoms with Gasteiger partial charge in [0.05, 0.1) is 6.54 Å².